The molecule has 0 atom stereocenters. The topological polar surface area (TPSA) is 49.3 Å². The Kier molecular flexibility index (Phi) is 3.94. The molecule has 0 saturated heterocycles. The Balaban J connectivity index is 1.58. The van der Waals surface area contributed by atoms with Crippen molar-refractivity contribution in [3.63, 3.8) is 0 Å². The van der Waals surface area contributed by atoms with Crippen LogP contribution in [0.15, 0.2) is 48.5 Å². The van der Waals surface area contributed by atoms with Gasteiger partial charge >= 0.3 is 5.97 Å². The summed E-state index contributed by atoms with van der Waals surface area (Å²) in [6.07, 6.45) is 2.14. The molecule has 4 heteroatoms. The molecule has 1 fully saturated rings. The van der Waals surface area contributed by atoms with Gasteiger partial charge in [-0.15, -0.1) is 0 Å². The van der Waals surface area contributed by atoms with Crippen LogP contribution in [0.4, 0.5) is 4.39 Å². The SMILES string of the molecule is O=C(O)c1ccc(CNCC2(c3cccc(F)c3)CC2)cc1. The van der Waals surface area contributed by atoms with Gasteiger partial charge in [-0.05, 0) is 48.2 Å². The van der Waals surface area contributed by atoms with Crippen molar-refractivity contribution in [1.82, 2.24) is 5.32 Å². The molecule has 0 heterocycles. The maximum atomic E-state index is 13.3. The number of carboxylic acids is 1. The summed E-state index contributed by atoms with van der Waals surface area (Å²) in [4.78, 5) is 10.8. The lowest BCUT2D eigenvalue weighted by molar-refractivity contribution is 0.0697. The number of hydrogen-bond acceptors (Lipinski definition) is 2. The molecule has 2 aromatic carbocycles. The first kappa shape index (κ1) is 14.7. The molecule has 0 bridgehead atoms. The summed E-state index contributed by atoms with van der Waals surface area (Å²) in [5.41, 5.74) is 2.45. The van der Waals surface area contributed by atoms with Gasteiger partial charge in [-0.2, -0.15) is 0 Å². The van der Waals surface area contributed by atoms with Crippen LogP contribution in [0.5, 0.6) is 0 Å². The largest absolute Gasteiger partial charge is 0.478 e. The number of rotatable bonds is 6. The first-order chi connectivity index (χ1) is 10.6. The monoisotopic (exact) mass is 299 g/mol. The highest BCUT2D eigenvalue weighted by atomic mass is 19.1. The molecule has 1 saturated carbocycles. The minimum atomic E-state index is -0.914. The zero-order valence-corrected chi connectivity index (χ0v) is 12.2. The van der Waals surface area contributed by atoms with Crippen molar-refractivity contribution in [3.05, 3.63) is 71.0 Å². The molecule has 0 aliphatic heterocycles. The summed E-state index contributed by atoms with van der Waals surface area (Å²) in [6.45, 7) is 1.48. The Bertz CT molecular complexity index is 678. The molecule has 0 spiro atoms. The van der Waals surface area contributed by atoms with Crippen molar-refractivity contribution < 1.29 is 14.3 Å². The number of carboxylic acid groups (broad SMARTS) is 1. The van der Waals surface area contributed by atoms with E-state index >= 15 is 0 Å². The molecule has 3 rings (SSSR count). The molecule has 22 heavy (non-hydrogen) atoms. The highest BCUT2D eigenvalue weighted by Gasteiger charge is 2.43. The molecule has 0 aromatic heterocycles. The zero-order chi connectivity index (χ0) is 15.6. The third-order valence-corrected chi connectivity index (χ3v) is 4.28. The Morgan fingerprint density at radius 2 is 1.91 bits per heavy atom. The summed E-state index contributed by atoms with van der Waals surface area (Å²) in [6, 6.07) is 13.7. The molecule has 2 N–H and O–H groups in total. The number of aromatic carboxylic acids is 1. The molecular formula is C18H18FNO2. The minimum absolute atomic E-state index is 0.0586. The van der Waals surface area contributed by atoms with Gasteiger partial charge in [-0.1, -0.05) is 24.3 Å². The second-order valence-corrected chi connectivity index (χ2v) is 5.90. The van der Waals surface area contributed by atoms with Crippen LogP contribution >= 0.6 is 0 Å². The van der Waals surface area contributed by atoms with Gasteiger partial charge in [0, 0.05) is 18.5 Å². The van der Waals surface area contributed by atoms with Gasteiger partial charge in [0.15, 0.2) is 0 Å². The van der Waals surface area contributed by atoms with E-state index in [0.29, 0.717) is 12.1 Å². The number of halogens is 1. The van der Waals surface area contributed by atoms with E-state index in [2.05, 4.69) is 5.32 Å². The maximum absolute atomic E-state index is 13.3. The summed E-state index contributed by atoms with van der Waals surface area (Å²) >= 11 is 0. The third kappa shape index (κ3) is 3.17. The van der Waals surface area contributed by atoms with Crippen molar-refractivity contribution in [2.24, 2.45) is 0 Å². The Morgan fingerprint density at radius 3 is 2.50 bits per heavy atom. The van der Waals surface area contributed by atoms with Crippen molar-refractivity contribution in [2.45, 2.75) is 24.8 Å². The quantitative estimate of drug-likeness (QED) is 0.860. The molecule has 0 amide bonds. The second-order valence-electron chi connectivity index (χ2n) is 5.90. The summed E-state index contributed by atoms with van der Waals surface area (Å²) in [5.74, 6) is -1.10. The number of nitrogens with one attached hydrogen (secondary N) is 1. The molecule has 114 valence electrons. The van der Waals surface area contributed by atoms with E-state index in [1.807, 2.05) is 18.2 Å². The Labute approximate surface area is 128 Å². The van der Waals surface area contributed by atoms with Gasteiger partial charge < -0.3 is 10.4 Å². The normalized spacial score (nSPS) is 15.5. The van der Waals surface area contributed by atoms with Crippen molar-refractivity contribution >= 4 is 5.97 Å². The van der Waals surface area contributed by atoms with E-state index < -0.39 is 5.97 Å². The zero-order valence-electron chi connectivity index (χ0n) is 12.2. The lowest BCUT2D eigenvalue weighted by Gasteiger charge is -2.17. The Hall–Kier alpha value is -2.20. The van der Waals surface area contributed by atoms with Gasteiger partial charge in [0.05, 0.1) is 5.56 Å². The number of carbonyl (C=O) groups is 1. The van der Waals surface area contributed by atoms with Crippen LogP contribution in [0.25, 0.3) is 0 Å². The summed E-state index contributed by atoms with van der Waals surface area (Å²) in [7, 11) is 0. The fourth-order valence-corrected chi connectivity index (χ4v) is 2.75. The number of benzene rings is 2. The van der Waals surface area contributed by atoms with Crippen LogP contribution in [0, 0.1) is 5.82 Å². The van der Waals surface area contributed by atoms with E-state index in [1.54, 1.807) is 24.3 Å². The van der Waals surface area contributed by atoms with E-state index in [9.17, 15) is 9.18 Å². The van der Waals surface area contributed by atoms with Crippen LogP contribution in [0.3, 0.4) is 0 Å². The van der Waals surface area contributed by atoms with Crippen molar-refractivity contribution in [2.75, 3.05) is 6.54 Å². The van der Waals surface area contributed by atoms with Crippen LogP contribution in [-0.2, 0) is 12.0 Å². The molecule has 1 aliphatic rings. The molecule has 3 nitrogen and oxygen atoms in total. The minimum Gasteiger partial charge on any atom is -0.478 e. The molecule has 2 aromatic rings. The van der Waals surface area contributed by atoms with Crippen LogP contribution in [-0.4, -0.2) is 17.6 Å². The maximum Gasteiger partial charge on any atom is 0.335 e. The highest BCUT2D eigenvalue weighted by Crippen LogP contribution is 2.47. The van der Waals surface area contributed by atoms with Crippen LogP contribution in [0.2, 0.25) is 0 Å². The van der Waals surface area contributed by atoms with Gasteiger partial charge in [0.2, 0.25) is 0 Å². The first-order valence-electron chi connectivity index (χ1n) is 7.38. The predicted octanol–water partition coefficient (Wildman–Crippen LogP) is 3.35. The van der Waals surface area contributed by atoms with Gasteiger partial charge in [0.1, 0.15) is 5.82 Å². The first-order valence-corrected chi connectivity index (χ1v) is 7.38. The average Bonchev–Trinajstić information content (AvgIpc) is 3.29. The molecule has 0 unspecified atom stereocenters. The molecular weight excluding hydrogens is 281 g/mol. The van der Waals surface area contributed by atoms with E-state index in [4.69, 9.17) is 5.11 Å². The highest BCUT2D eigenvalue weighted by molar-refractivity contribution is 5.87. The van der Waals surface area contributed by atoms with Gasteiger partial charge in [-0.25, -0.2) is 9.18 Å². The van der Waals surface area contributed by atoms with Crippen molar-refractivity contribution in [1.29, 1.82) is 0 Å². The Morgan fingerprint density at radius 1 is 1.18 bits per heavy atom. The van der Waals surface area contributed by atoms with E-state index in [0.717, 1.165) is 30.5 Å². The molecule has 0 radical (unpaired) electrons. The van der Waals surface area contributed by atoms with Gasteiger partial charge in [-0.3, -0.25) is 0 Å². The standard InChI is InChI=1S/C18H18FNO2/c19-16-3-1-2-15(10-16)18(8-9-18)12-20-11-13-4-6-14(7-5-13)17(21)22/h1-7,10,20H,8-9,11-12H2,(H,21,22). The fraction of sp³-hybridized carbons (Fsp3) is 0.278. The predicted molar refractivity (Wildman–Crippen MR) is 82.4 cm³/mol. The lowest BCUT2D eigenvalue weighted by atomic mass is 9.96. The summed E-state index contributed by atoms with van der Waals surface area (Å²) in [5, 5.41) is 12.3. The lowest BCUT2D eigenvalue weighted by Crippen LogP contribution is -2.26. The number of hydrogen-bond donors (Lipinski definition) is 2. The summed E-state index contributed by atoms with van der Waals surface area (Å²) < 4.78 is 13.3. The average molecular weight is 299 g/mol. The van der Waals surface area contributed by atoms with Crippen LogP contribution < -0.4 is 5.32 Å². The third-order valence-electron chi connectivity index (χ3n) is 4.28. The van der Waals surface area contributed by atoms with Gasteiger partial charge in [0.25, 0.3) is 0 Å². The fourth-order valence-electron chi connectivity index (χ4n) is 2.75. The van der Waals surface area contributed by atoms with E-state index in [-0.39, 0.29) is 11.2 Å². The van der Waals surface area contributed by atoms with Crippen LogP contribution in [0.1, 0.15) is 34.3 Å². The molecule has 1 aliphatic carbocycles. The van der Waals surface area contributed by atoms with E-state index in [1.165, 1.54) is 6.07 Å². The smallest absolute Gasteiger partial charge is 0.335 e. The van der Waals surface area contributed by atoms with Crippen molar-refractivity contribution in [3.8, 4) is 0 Å². The second kappa shape index (κ2) is 5.89.